The van der Waals surface area contributed by atoms with E-state index in [-0.39, 0.29) is 17.4 Å². The zero-order valence-corrected chi connectivity index (χ0v) is 18.7. The van der Waals surface area contributed by atoms with Crippen LogP contribution in [-0.4, -0.2) is 73.8 Å². The first-order valence-corrected chi connectivity index (χ1v) is 11.4. The summed E-state index contributed by atoms with van der Waals surface area (Å²) in [6.07, 6.45) is 5.83. The van der Waals surface area contributed by atoms with Gasteiger partial charge in [-0.15, -0.1) is 0 Å². The average Bonchev–Trinajstić information content (AvgIpc) is 3.53. The van der Waals surface area contributed by atoms with Gasteiger partial charge in [0.05, 0.1) is 24.8 Å². The first-order chi connectivity index (χ1) is 15.0. The van der Waals surface area contributed by atoms with Gasteiger partial charge in [0.2, 0.25) is 5.91 Å². The van der Waals surface area contributed by atoms with E-state index in [1.54, 1.807) is 25.2 Å². The summed E-state index contributed by atoms with van der Waals surface area (Å²) >= 11 is 0.844. The zero-order chi connectivity index (χ0) is 22.0. The lowest BCUT2D eigenvalue weighted by atomic mass is 10.1. The van der Waals surface area contributed by atoms with Crippen LogP contribution < -0.4 is 14.4 Å². The molecule has 31 heavy (non-hydrogen) atoms. The molecule has 0 unspecified atom stereocenters. The quantitative estimate of drug-likeness (QED) is 0.623. The van der Waals surface area contributed by atoms with E-state index in [9.17, 15) is 14.4 Å². The van der Waals surface area contributed by atoms with E-state index < -0.39 is 11.1 Å². The number of ether oxygens (including phenoxy) is 2. The van der Waals surface area contributed by atoms with Gasteiger partial charge in [0.15, 0.2) is 0 Å². The minimum atomic E-state index is -0.452. The second-order valence-electron chi connectivity index (χ2n) is 7.82. The number of likely N-dealkylation sites (tertiary alicyclic amines) is 1. The molecule has 3 aliphatic rings. The van der Waals surface area contributed by atoms with Crippen LogP contribution in [0.2, 0.25) is 0 Å². The molecular formula is C22H27N3O5S. The monoisotopic (exact) mass is 445 g/mol. The Morgan fingerprint density at radius 2 is 1.65 bits per heavy atom. The fourth-order valence-electron chi connectivity index (χ4n) is 4.20. The third-order valence-electron chi connectivity index (χ3n) is 5.89. The van der Waals surface area contributed by atoms with Crippen molar-refractivity contribution in [2.45, 2.75) is 25.7 Å². The number of amides is 3. The largest absolute Gasteiger partial charge is 0.496 e. The van der Waals surface area contributed by atoms with Crippen molar-refractivity contribution in [2.24, 2.45) is 0 Å². The van der Waals surface area contributed by atoms with E-state index in [0.717, 1.165) is 61.1 Å². The van der Waals surface area contributed by atoms with E-state index in [1.807, 2.05) is 12.1 Å². The molecule has 8 nitrogen and oxygen atoms in total. The highest BCUT2D eigenvalue weighted by Gasteiger charge is 2.37. The van der Waals surface area contributed by atoms with Crippen LogP contribution in [0.3, 0.4) is 0 Å². The standard InChI is InChI=1S/C22H27N3O5S/c1-29-17-13-16(23-7-3-4-8-23)18(30-2)11-15(17)12-19-21(27)25(22(28)31-19)14-20(26)24-9-5-6-10-24/h11-13H,3-10,14H2,1-2H3/b19-12+. The summed E-state index contributed by atoms with van der Waals surface area (Å²) in [7, 11) is 3.19. The molecule has 0 aromatic heterocycles. The number of anilines is 1. The Balaban J connectivity index is 1.58. The molecule has 0 radical (unpaired) electrons. The lowest BCUT2D eigenvalue weighted by Crippen LogP contribution is -2.40. The minimum Gasteiger partial charge on any atom is -0.496 e. The first-order valence-electron chi connectivity index (χ1n) is 10.6. The summed E-state index contributed by atoms with van der Waals surface area (Å²) in [4.78, 5) is 43.0. The van der Waals surface area contributed by atoms with Gasteiger partial charge in [0.25, 0.3) is 11.1 Å². The van der Waals surface area contributed by atoms with Gasteiger partial charge in [-0.05, 0) is 49.6 Å². The van der Waals surface area contributed by atoms with Crippen molar-refractivity contribution in [3.63, 3.8) is 0 Å². The topological polar surface area (TPSA) is 79.4 Å². The maximum absolute atomic E-state index is 12.9. The van der Waals surface area contributed by atoms with E-state index in [2.05, 4.69) is 4.90 Å². The molecule has 3 heterocycles. The number of thioether (sulfide) groups is 1. The fraction of sp³-hybridized carbons (Fsp3) is 0.500. The predicted molar refractivity (Wildman–Crippen MR) is 119 cm³/mol. The first kappa shape index (κ1) is 21.5. The molecule has 3 amide bonds. The molecule has 0 atom stereocenters. The van der Waals surface area contributed by atoms with Gasteiger partial charge in [0.1, 0.15) is 18.0 Å². The zero-order valence-electron chi connectivity index (χ0n) is 17.9. The van der Waals surface area contributed by atoms with E-state index in [1.165, 1.54) is 0 Å². The second-order valence-corrected chi connectivity index (χ2v) is 8.81. The molecule has 3 fully saturated rings. The maximum atomic E-state index is 12.9. The molecule has 3 aliphatic heterocycles. The number of hydrogen-bond acceptors (Lipinski definition) is 7. The highest BCUT2D eigenvalue weighted by Crippen LogP contribution is 2.40. The maximum Gasteiger partial charge on any atom is 0.294 e. The summed E-state index contributed by atoms with van der Waals surface area (Å²) in [6.45, 7) is 3.08. The number of methoxy groups -OCH3 is 2. The number of carbonyl (C=O) groups excluding carboxylic acids is 3. The molecule has 3 saturated heterocycles. The smallest absolute Gasteiger partial charge is 0.294 e. The van der Waals surface area contributed by atoms with Gasteiger partial charge in [-0.1, -0.05) is 0 Å². The lowest BCUT2D eigenvalue weighted by molar-refractivity contribution is -0.135. The molecule has 1 aromatic carbocycles. The van der Waals surface area contributed by atoms with Crippen molar-refractivity contribution in [2.75, 3.05) is 51.8 Å². The molecule has 0 bridgehead atoms. The highest BCUT2D eigenvalue weighted by molar-refractivity contribution is 8.18. The lowest BCUT2D eigenvalue weighted by Gasteiger charge is -2.22. The van der Waals surface area contributed by atoms with Crippen LogP contribution >= 0.6 is 11.8 Å². The number of benzene rings is 1. The molecule has 9 heteroatoms. The van der Waals surface area contributed by atoms with Gasteiger partial charge in [-0.3, -0.25) is 19.3 Å². The van der Waals surface area contributed by atoms with Crippen LogP contribution in [0.15, 0.2) is 17.0 Å². The average molecular weight is 446 g/mol. The van der Waals surface area contributed by atoms with Crippen LogP contribution in [0.5, 0.6) is 11.5 Å². The summed E-state index contributed by atoms with van der Waals surface area (Å²) < 4.78 is 11.2. The Morgan fingerprint density at radius 3 is 2.29 bits per heavy atom. The number of imide groups is 1. The summed E-state index contributed by atoms with van der Waals surface area (Å²) in [5, 5.41) is -0.427. The molecule has 0 spiro atoms. The van der Waals surface area contributed by atoms with Crippen LogP contribution in [0.4, 0.5) is 10.5 Å². The minimum absolute atomic E-state index is 0.185. The van der Waals surface area contributed by atoms with E-state index in [0.29, 0.717) is 30.2 Å². The van der Waals surface area contributed by atoms with Gasteiger partial charge in [0, 0.05) is 37.8 Å². The van der Waals surface area contributed by atoms with Crippen molar-refractivity contribution in [1.29, 1.82) is 0 Å². The molecule has 0 aliphatic carbocycles. The molecule has 0 saturated carbocycles. The van der Waals surface area contributed by atoms with Gasteiger partial charge < -0.3 is 19.3 Å². The Bertz CT molecular complexity index is 920. The van der Waals surface area contributed by atoms with Crippen LogP contribution in [-0.2, 0) is 9.59 Å². The van der Waals surface area contributed by atoms with Gasteiger partial charge in [-0.2, -0.15) is 0 Å². The van der Waals surface area contributed by atoms with E-state index in [4.69, 9.17) is 9.47 Å². The SMILES string of the molecule is COc1cc(N2CCCC2)c(OC)cc1/C=C1/SC(=O)N(CC(=O)N2CCCC2)C1=O. The number of nitrogens with zero attached hydrogens (tertiary/aromatic N) is 3. The molecule has 166 valence electrons. The number of carbonyl (C=O) groups is 3. The van der Waals surface area contributed by atoms with Crippen LogP contribution in [0.25, 0.3) is 6.08 Å². The van der Waals surface area contributed by atoms with Gasteiger partial charge >= 0.3 is 0 Å². The molecule has 1 aromatic rings. The van der Waals surface area contributed by atoms with Crippen molar-refractivity contribution in [3.8, 4) is 11.5 Å². The Hall–Kier alpha value is -2.68. The summed E-state index contributed by atoms with van der Waals surface area (Å²) in [5.74, 6) is 0.655. The van der Waals surface area contributed by atoms with Crippen LogP contribution in [0, 0.1) is 0 Å². The highest BCUT2D eigenvalue weighted by atomic mass is 32.2. The Kier molecular flexibility index (Phi) is 6.41. The number of hydrogen-bond donors (Lipinski definition) is 0. The van der Waals surface area contributed by atoms with Gasteiger partial charge in [-0.25, -0.2) is 0 Å². The molecule has 4 rings (SSSR count). The third kappa shape index (κ3) is 4.37. The van der Waals surface area contributed by atoms with Crippen LogP contribution in [0.1, 0.15) is 31.2 Å². The second kappa shape index (κ2) is 9.21. The third-order valence-corrected chi connectivity index (χ3v) is 6.80. The predicted octanol–water partition coefficient (Wildman–Crippen LogP) is 2.96. The summed E-state index contributed by atoms with van der Waals surface area (Å²) in [5.41, 5.74) is 1.61. The molecular weight excluding hydrogens is 418 g/mol. The fourth-order valence-corrected chi connectivity index (χ4v) is 5.03. The van der Waals surface area contributed by atoms with Crippen molar-refractivity contribution in [3.05, 3.63) is 22.6 Å². The van der Waals surface area contributed by atoms with Crippen molar-refractivity contribution in [1.82, 2.24) is 9.80 Å². The Labute approximate surface area is 186 Å². The summed E-state index contributed by atoms with van der Waals surface area (Å²) in [6, 6.07) is 3.74. The Morgan fingerprint density at radius 1 is 1.00 bits per heavy atom. The molecule has 0 N–H and O–H groups in total. The normalized spacial score (nSPS) is 20.3. The van der Waals surface area contributed by atoms with Crippen molar-refractivity contribution >= 4 is 40.6 Å². The van der Waals surface area contributed by atoms with Crippen molar-refractivity contribution < 1.29 is 23.9 Å². The number of rotatable bonds is 6. The van der Waals surface area contributed by atoms with E-state index >= 15 is 0 Å².